The molecular weight excluding hydrogens is 367 g/mol. The Kier molecular flexibility index (Phi) is 4.85. The Bertz CT molecular complexity index is 881. The minimum absolute atomic E-state index is 0.152. The van der Waals surface area contributed by atoms with Crippen molar-refractivity contribution in [3.63, 3.8) is 0 Å². The summed E-state index contributed by atoms with van der Waals surface area (Å²) in [5, 5.41) is 5.85. The van der Waals surface area contributed by atoms with Gasteiger partial charge in [-0.2, -0.15) is 0 Å². The van der Waals surface area contributed by atoms with Gasteiger partial charge in [0.1, 0.15) is 9.94 Å². The molecule has 1 heterocycles. The first kappa shape index (κ1) is 16.9. The van der Waals surface area contributed by atoms with Crippen LogP contribution in [0.25, 0.3) is 0 Å². The van der Waals surface area contributed by atoms with Crippen LogP contribution >= 0.6 is 35.0 Å². The molecule has 0 atom stereocenters. The summed E-state index contributed by atoms with van der Waals surface area (Å²) >= 11 is 13.2. The number of anilines is 2. The van der Waals surface area contributed by atoms with Crippen LogP contribution in [0.4, 0.5) is 11.4 Å². The number of aryl methyl sites for hydroxylation is 1. The minimum Gasteiger partial charge on any atom is -0.321 e. The molecule has 0 saturated heterocycles. The van der Waals surface area contributed by atoms with E-state index in [2.05, 4.69) is 10.6 Å². The summed E-state index contributed by atoms with van der Waals surface area (Å²) in [7, 11) is 0. The zero-order valence-corrected chi connectivity index (χ0v) is 14.9. The van der Waals surface area contributed by atoms with E-state index in [1.807, 2.05) is 25.1 Å². The lowest BCUT2D eigenvalue weighted by Crippen LogP contribution is -2.22. The van der Waals surface area contributed by atoms with E-state index in [0.717, 1.165) is 10.5 Å². The Morgan fingerprint density at radius 2 is 1.96 bits per heavy atom. The number of fused-ring (bicyclic) bond motifs is 1. The van der Waals surface area contributed by atoms with E-state index in [9.17, 15) is 9.59 Å². The van der Waals surface area contributed by atoms with Crippen molar-refractivity contribution in [2.24, 2.45) is 0 Å². The number of nitrogens with one attached hydrogen (secondary N) is 2. The summed E-state index contributed by atoms with van der Waals surface area (Å²) in [5.74, 6) is -0.939. The molecule has 2 amide bonds. The molecule has 0 radical (unpaired) electrons. The van der Waals surface area contributed by atoms with Crippen LogP contribution in [0, 0.1) is 6.92 Å². The van der Waals surface area contributed by atoms with Crippen LogP contribution in [0.5, 0.6) is 0 Å². The van der Waals surface area contributed by atoms with Crippen LogP contribution < -0.4 is 10.6 Å². The maximum Gasteiger partial charge on any atom is 0.268 e. The third-order valence-electron chi connectivity index (χ3n) is 3.39. The van der Waals surface area contributed by atoms with E-state index in [1.54, 1.807) is 24.3 Å². The molecule has 3 rings (SSSR count). The Morgan fingerprint density at radius 3 is 2.71 bits per heavy atom. The Labute approximate surface area is 153 Å². The maximum atomic E-state index is 12.4. The van der Waals surface area contributed by atoms with E-state index in [0.29, 0.717) is 16.4 Å². The van der Waals surface area contributed by atoms with E-state index in [4.69, 9.17) is 23.2 Å². The fourth-order valence-electron chi connectivity index (χ4n) is 2.19. The molecule has 0 saturated carbocycles. The standard InChI is InChI=1S/C17H12Cl2N2O2S/c1-9-8-10(18)6-7-11(9)20-16(22)14(19)15-17(23)21-12-4-2-3-5-13(12)24-15/h2-8H,1H3,(H,20,22)(H,21,23). The van der Waals surface area contributed by atoms with Crippen LogP contribution in [0.2, 0.25) is 5.02 Å². The predicted octanol–water partition coefficient (Wildman–Crippen LogP) is 4.78. The molecule has 2 aromatic rings. The second-order valence-corrected chi connectivity index (χ2v) is 6.98. The van der Waals surface area contributed by atoms with Crippen molar-refractivity contribution < 1.29 is 9.59 Å². The highest BCUT2D eigenvalue weighted by Crippen LogP contribution is 2.40. The van der Waals surface area contributed by atoms with Crippen molar-refractivity contribution >= 4 is 58.2 Å². The van der Waals surface area contributed by atoms with Gasteiger partial charge < -0.3 is 10.6 Å². The van der Waals surface area contributed by atoms with Gasteiger partial charge in [0.15, 0.2) is 0 Å². The lowest BCUT2D eigenvalue weighted by Gasteiger charge is -2.19. The second kappa shape index (κ2) is 6.89. The molecule has 0 bridgehead atoms. The maximum absolute atomic E-state index is 12.4. The fraction of sp³-hybridized carbons (Fsp3) is 0.0588. The number of amides is 2. The molecule has 2 N–H and O–H groups in total. The van der Waals surface area contributed by atoms with Crippen molar-refractivity contribution in [2.45, 2.75) is 11.8 Å². The van der Waals surface area contributed by atoms with Crippen molar-refractivity contribution in [1.82, 2.24) is 0 Å². The molecule has 0 fully saturated rings. The van der Waals surface area contributed by atoms with Gasteiger partial charge in [0.25, 0.3) is 11.8 Å². The van der Waals surface area contributed by atoms with Crippen LogP contribution in [0.15, 0.2) is 57.3 Å². The number of hydrogen-bond donors (Lipinski definition) is 2. The van der Waals surface area contributed by atoms with Gasteiger partial charge in [0.2, 0.25) is 0 Å². The van der Waals surface area contributed by atoms with Gasteiger partial charge in [-0.25, -0.2) is 0 Å². The fourth-order valence-corrected chi connectivity index (χ4v) is 3.58. The lowest BCUT2D eigenvalue weighted by atomic mass is 10.2. The van der Waals surface area contributed by atoms with Crippen molar-refractivity contribution in [3.8, 4) is 0 Å². The topological polar surface area (TPSA) is 58.2 Å². The minimum atomic E-state index is -0.542. The molecule has 2 aromatic carbocycles. The van der Waals surface area contributed by atoms with Crippen LogP contribution in [-0.4, -0.2) is 11.8 Å². The summed E-state index contributed by atoms with van der Waals surface area (Å²) in [4.78, 5) is 25.6. The number of para-hydroxylation sites is 1. The number of hydrogen-bond acceptors (Lipinski definition) is 3. The molecule has 7 heteroatoms. The Hall–Kier alpha value is -1.95. The van der Waals surface area contributed by atoms with Crippen molar-refractivity contribution in [3.05, 3.63) is 63.0 Å². The van der Waals surface area contributed by atoms with Crippen molar-refractivity contribution in [1.29, 1.82) is 0 Å². The van der Waals surface area contributed by atoms with Gasteiger partial charge in [-0.15, -0.1) is 0 Å². The number of rotatable bonds is 2. The first-order valence-corrected chi connectivity index (χ1v) is 8.58. The van der Waals surface area contributed by atoms with Crippen LogP contribution in [0.1, 0.15) is 5.56 Å². The number of carbonyl (C=O) groups is 2. The zero-order chi connectivity index (χ0) is 17.3. The lowest BCUT2D eigenvalue weighted by molar-refractivity contribution is -0.114. The zero-order valence-electron chi connectivity index (χ0n) is 12.5. The second-order valence-electron chi connectivity index (χ2n) is 5.11. The van der Waals surface area contributed by atoms with Gasteiger partial charge in [-0.3, -0.25) is 9.59 Å². The van der Waals surface area contributed by atoms with Gasteiger partial charge in [-0.05, 0) is 42.8 Å². The Morgan fingerprint density at radius 1 is 1.21 bits per heavy atom. The molecule has 4 nitrogen and oxygen atoms in total. The Balaban J connectivity index is 1.87. The van der Waals surface area contributed by atoms with Crippen LogP contribution in [-0.2, 0) is 9.59 Å². The van der Waals surface area contributed by atoms with Gasteiger partial charge >= 0.3 is 0 Å². The summed E-state index contributed by atoms with van der Waals surface area (Å²) in [6.45, 7) is 1.82. The SMILES string of the molecule is Cc1cc(Cl)ccc1NC(=O)C(Cl)=C1Sc2ccccc2NC1=O. The van der Waals surface area contributed by atoms with Gasteiger partial charge in [0, 0.05) is 15.6 Å². The summed E-state index contributed by atoms with van der Waals surface area (Å²) in [6, 6.07) is 12.4. The molecule has 1 aliphatic rings. The quantitative estimate of drug-likeness (QED) is 0.739. The molecular formula is C17H12Cl2N2O2S. The number of halogens is 2. The van der Waals surface area contributed by atoms with Crippen molar-refractivity contribution in [2.75, 3.05) is 10.6 Å². The van der Waals surface area contributed by atoms with E-state index < -0.39 is 11.8 Å². The average molecular weight is 379 g/mol. The normalized spacial score (nSPS) is 15.4. The highest BCUT2D eigenvalue weighted by molar-refractivity contribution is 8.04. The molecule has 122 valence electrons. The van der Waals surface area contributed by atoms with Crippen LogP contribution in [0.3, 0.4) is 0 Å². The summed E-state index contributed by atoms with van der Waals surface area (Å²) < 4.78 is 0. The summed E-state index contributed by atoms with van der Waals surface area (Å²) in [6.07, 6.45) is 0. The summed E-state index contributed by atoms with van der Waals surface area (Å²) in [5.41, 5.74) is 2.09. The number of thioether (sulfide) groups is 1. The van der Waals surface area contributed by atoms with E-state index in [1.165, 1.54) is 11.8 Å². The number of benzene rings is 2. The number of carbonyl (C=O) groups excluding carboxylic acids is 2. The third-order valence-corrected chi connectivity index (χ3v) is 5.27. The molecule has 1 aliphatic heterocycles. The molecule has 0 aromatic heterocycles. The monoisotopic (exact) mass is 378 g/mol. The molecule has 0 spiro atoms. The highest BCUT2D eigenvalue weighted by atomic mass is 35.5. The molecule has 0 aliphatic carbocycles. The first-order chi connectivity index (χ1) is 11.5. The largest absolute Gasteiger partial charge is 0.321 e. The van der Waals surface area contributed by atoms with Gasteiger partial charge in [-0.1, -0.05) is 47.1 Å². The molecule has 24 heavy (non-hydrogen) atoms. The average Bonchev–Trinajstić information content (AvgIpc) is 2.56. The predicted molar refractivity (Wildman–Crippen MR) is 98.6 cm³/mol. The first-order valence-electron chi connectivity index (χ1n) is 7.01. The third kappa shape index (κ3) is 3.43. The van der Waals surface area contributed by atoms with Gasteiger partial charge in [0.05, 0.1) is 5.69 Å². The highest BCUT2D eigenvalue weighted by Gasteiger charge is 2.26. The van der Waals surface area contributed by atoms with E-state index >= 15 is 0 Å². The molecule has 0 unspecified atom stereocenters. The van der Waals surface area contributed by atoms with E-state index in [-0.39, 0.29) is 9.94 Å². The smallest absolute Gasteiger partial charge is 0.268 e.